The van der Waals surface area contributed by atoms with E-state index in [-0.39, 0.29) is 43.1 Å². The van der Waals surface area contributed by atoms with Gasteiger partial charge < -0.3 is 5.32 Å². The van der Waals surface area contributed by atoms with E-state index in [0.717, 1.165) is 42.4 Å². The van der Waals surface area contributed by atoms with E-state index in [9.17, 15) is 22.0 Å². The molecule has 3 aromatic carbocycles. The molecule has 10 heteroatoms. The molecule has 5 nitrogen and oxygen atoms in total. The Morgan fingerprint density at radius 2 is 1.41 bits per heavy atom. The molecular weight excluding hydrogens is 565 g/mol. The summed E-state index contributed by atoms with van der Waals surface area (Å²) in [6.07, 6.45) is 2.67. The first-order valence-corrected chi connectivity index (χ1v) is 15.3. The van der Waals surface area contributed by atoms with Crippen LogP contribution in [0.1, 0.15) is 40.8 Å². The highest BCUT2D eigenvalue weighted by molar-refractivity contribution is 7.91. The summed E-state index contributed by atoms with van der Waals surface area (Å²) in [5, 5.41) is 2.87. The van der Waals surface area contributed by atoms with Gasteiger partial charge in [-0.2, -0.15) is 0 Å². The molecule has 5 rings (SSSR count). The minimum atomic E-state index is -3.86. The summed E-state index contributed by atoms with van der Waals surface area (Å²) in [4.78, 5) is 14.7. The van der Waals surface area contributed by atoms with Gasteiger partial charge in [0.05, 0.1) is 11.3 Å². The van der Waals surface area contributed by atoms with Gasteiger partial charge in [0.1, 0.15) is 11.6 Å². The Hall–Kier alpha value is -2.52. The lowest BCUT2D eigenvalue weighted by Gasteiger charge is -2.56. The molecular formula is C29H28Cl2F2N2O3S. The zero-order valence-corrected chi connectivity index (χ0v) is 23.5. The molecule has 39 heavy (non-hydrogen) atoms. The van der Waals surface area contributed by atoms with Crippen molar-refractivity contribution in [1.82, 2.24) is 10.2 Å². The molecule has 1 saturated carbocycles. The third-order valence-electron chi connectivity index (χ3n) is 7.51. The highest BCUT2D eigenvalue weighted by atomic mass is 35.5. The van der Waals surface area contributed by atoms with Gasteiger partial charge in [0, 0.05) is 53.3 Å². The Kier molecular flexibility index (Phi) is 7.76. The molecule has 1 heterocycles. The molecule has 1 aliphatic carbocycles. The van der Waals surface area contributed by atoms with Gasteiger partial charge in [-0.15, -0.1) is 0 Å². The van der Waals surface area contributed by atoms with Crippen molar-refractivity contribution in [3.8, 4) is 0 Å². The molecule has 2 aliphatic rings. The highest BCUT2D eigenvalue weighted by Crippen LogP contribution is 2.50. The number of carbonyl (C=O) groups excluding carboxylic acids is 1. The van der Waals surface area contributed by atoms with Crippen molar-refractivity contribution in [1.29, 1.82) is 0 Å². The molecule has 1 amide bonds. The Labute approximate surface area is 237 Å². The molecule has 1 N–H and O–H groups in total. The van der Waals surface area contributed by atoms with E-state index in [1.807, 2.05) is 24.3 Å². The number of likely N-dealkylation sites (tertiary alicyclic amines) is 1. The van der Waals surface area contributed by atoms with E-state index >= 15 is 0 Å². The molecule has 0 radical (unpaired) electrons. The fraction of sp³-hybridized carbons (Fsp3) is 0.345. The standard InChI is InChI=1S/C29H28Cl2F2N2O3S/c1-39(37,38)27(21-12-24(32)14-25(33)13-21)29(15-34-28(36)20-2-3-20)16-35(17-29)26(18-4-8-22(30)9-5-18)19-6-10-23(31)11-7-19/h4-14,20,26-27H,2-3,15-17H2,1H3,(H,34,36). The lowest BCUT2D eigenvalue weighted by Crippen LogP contribution is -2.65. The van der Waals surface area contributed by atoms with E-state index in [1.165, 1.54) is 0 Å². The number of halogens is 4. The summed E-state index contributed by atoms with van der Waals surface area (Å²) < 4.78 is 55.1. The molecule has 0 spiro atoms. The summed E-state index contributed by atoms with van der Waals surface area (Å²) >= 11 is 12.3. The number of amides is 1. The Balaban J connectivity index is 1.55. The van der Waals surface area contributed by atoms with Gasteiger partial charge in [0.15, 0.2) is 9.84 Å². The monoisotopic (exact) mass is 592 g/mol. The summed E-state index contributed by atoms with van der Waals surface area (Å²) in [6.45, 7) is 0.566. The quantitative estimate of drug-likeness (QED) is 0.332. The first-order chi connectivity index (χ1) is 18.4. The van der Waals surface area contributed by atoms with Crippen LogP contribution in [0.4, 0.5) is 8.78 Å². The van der Waals surface area contributed by atoms with Crippen molar-refractivity contribution < 1.29 is 22.0 Å². The number of benzene rings is 3. The zero-order valence-electron chi connectivity index (χ0n) is 21.2. The van der Waals surface area contributed by atoms with Gasteiger partial charge >= 0.3 is 0 Å². The second-order valence-corrected chi connectivity index (χ2v) is 13.7. The van der Waals surface area contributed by atoms with E-state index in [4.69, 9.17) is 23.2 Å². The molecule has 1 unspecified atom stereocenters. The van der Waals surface area contributed by atoms with Crippen molar-refractivity contribution >= 4 is 38.9 Å². The van der Waals surface area contributed by atoms with Crippen LogP contribution in [0.15, 0.2) is 66.7 Å². The van der Waals surface area contributed by atoms with Gasteiger partial charge in [0.2, 0.25) is 5.91 Å². The number of hydrogen-bond donors (Lipinski definition) is 1. The van der Waals surface area contributed by atoms with Gasteiger partial charge in [-0.25, -0.2) is 17.2 Å². The summed E-state index contributed by atoms with van der Waals surface area (Å²) in [7, 11) is -3.86. The fourth-order valence-corrected chi connectivity index (χ4v) is 7.78. The average molecular weight is 594 g/mol. The highest BCUT2D eigenvalue weighted by Gasteiger charge is 2.55. The predicted octanol–water partition coefficient (Wildman–Crippen LogP) is 5.98. The van der Waals surface area contributed by atoms with Crippen LogP contribution < -0.4 is 5.32 Å². The lowest BCUT2D eigenvalue weighted by molar-refractivity contribution is -0.124. The Morgan fingerprint density at radius 1 is 0.923 bits per heavy atom. The normalized spacial score (nSPS) is 18.0. The minimum absolute atomic E-state index is 0.0323. The molecule has 3 aromatic rings. The summed E-state index contributed by atoms with van der Waals surface area (Å²) in [5.74, 6) is -1.91. The van der Waals surface area contributed by atoms with Gasteiger partial charge in [-0.1, -0.05) is 47.5 Å². The lowest BCUT2D eigenvalue weighted by atomic mass is 9.72. The zero-order chi connectivity index (χ0) is 27.9. The van der Waals surface area contributed by atoms with Crippen molar-refractivity contribution in [2.45, 2.75) is 24.1 Å². The van der Waals surface area contributed by atoms with Crippen LogP contribution >= 0.6 is 23.2 Å². The second kappa shape index (κ2) is 10.8. The average Bonchev–Trinajstić information content (AvgIpc) is 3.68. The number of nitrogens with zero attached hydrogens (tertiary/aromatic N) is 1. The van der Waals surface area contributed by atoms with Crippen LogP contribution in [0.5, 0.6) is 0 Å². The van der Waals surface area contributed by atoms with E-state index in [0.29, 0.717) is 16.1 Å². The SMILES string of the molecule is CS(=O)(=O)C(c1cc(F)cc(F)c1)C1(CNC(=O)C2CC2)CN(C(c2ccc(Cl)cc2)c2ccc(Cl)cc2)C1. The number of sulfone groups is 1. The van der Waals surface area contributed by atoms with Gasteiger partial charge in [0.25, 0.3) is 0 Å². The molecule has 1 atom stereocenters. The first kappa shape index (κ1) is 28.0. The summed E-state index contributed by atoms with van der Waals surface area (Å²) in [6, 6.07) is 17.4. The number of nitrogens with one attached hydrogen (secondary N) is 1. The molecule has 1 aliphatic heterocycles. The van der Waals surface area contributed by atoms with Crippen molar-refractivity contribution in [2.75, 3.05) is 25.9 Å². The van der Waals surface area contributed by atoms with E-state index in [2.05, 4.69) is 10.2 Å². The van der Waals surface area contributed by atoms with Crippen LogP contribution in [0.3, 0.4) is 0 Å². The Morgan fingerprint density at radius 3 is 1.85 bits per heavy atom. The van der Waals surface area contributed by atoms with Crippen LogP contribution in [0.25, 0.3) is 0 Å². The van der Waals surface area contributed by atoms with Crippen molar-refractivity contribution in [3.63, 3.8) is 0 Å². The summed E-state index contributed by atoms with van der Waals surface area (Å²) in [5.41, 5.74) is 0.884. The maximum absolute atomic E-state index is 14.3. The molecule has 206 valence electrons. The van der Waals surface area contributed by atoms with Gasteiger partial charge in [-0.05, 0) is 65.9 Å². The maximum Gasteiger partial charge on any atom is 0.223 e. The third-order valence-corrected chi connectivity index (χ3v) is 9.64. The van der Waals surface area contributed by atoms with Crippen LogP contribution in [-0.2, 0) is 14.6 Å². The largest absolute Gasteiger partial charge is 0.355 e. The minimum Gasteiger partial charge on any atom is -0.355 e. The van der Waals surface area contributed by atoms with Gasteiger partial charge in [-0.3, -0.25) is 9.69 Å². The molecule has 0 bridgehead atoms. The number of hydrogen-bond acceptors (Lipinski definition) is 4. The number of rotatable bonds is 9. The topological polar surface area (TPSA) is 66.5 Å². The predicted molar refractivity (Wildman–Crippen MR) is 148 cm³/mol. The molecule has 0 aromatic heterocycles. The van der Waals surface area contributed by atoms with Crippen LogP contribution in [-0.4, -0.2) is 45.1 Å². The van der Waals surface area contributed by atoms with Crippen LogP contribution in [0, 0.1) is 23.0 Å². The number of carbonyl (C=O) groups is 1. The third kappa shape index (κ3) is 6.14. The first-order valence-electron chi connectivity index (χ1n) is 12.6. The smallest absolute Gasteiger partial charge is 0.223 e. The van der Waals surface area contributed by atoms with E-state index in [1.54, 1.807) is 24.3 Å². The van der Waals surface area contributed by atoms with Crippen LogP contribution in [0.2, 0.25) is 10.0 Å². The molecule has 1 saturated heterocycles. The second-order valence-electron chi connectivity index (χ2n) is 10.7. The van der Waals surface area contributed by atoms with Crippen molar-refractivity contribution in [3.05, 3.63) is 105 Å². The van der Waals surface area contributed by atoms with Crippen molar-refractivity contribution in [2.24, 2.45) is 11.3 Å². The van der Waals surface area contributed by atoms with E-state index < -0.39 is 32.1 Å². The maximum atomic E-state index is 14.3. The molecule has 2 fully saturated rings. The Bertz CT molecular complexity index is 1410. The fourth-order valence-electron chi connectivity index (χ4n) is 5.75.